The molecule has 3 aromatic heterocycles. The minimum absolute atomic E-state index is 0.0567. The van der Waals surface area contributed by atoms with Crippen molar-refractivity contribution in [2.45, 2.75) is 11.8 Å². The number of aromatic amines is 2. The molecule has 0 saturated carbocycles. The summed E-state index contributed by atoms with van der Waals surface area (Å²) in [5.41, 5.74) is 6.80. The Morgan fingerprint density at radius 1 is 0.467 bits per heavy atom. The Labute approximate surface area is 176 Å². The van der Waals surface area contributed by atoms with E-state index in [1.54, 1.807) is 0 Å². The van der Waals surface area contributed by atoms with Gasteiger partial charge in [-0.1, -0.05) is 66.7 Å². The van der Waals surface area contributed by atoms with Gasteiger partial charge in [0.05, 0.1) is 23.2 Å². The highest BCUT2D eigenvalue weighted by atomic mass is 14.8. The Balaban J connectivity index is 1.63. The summed E-state index contributed by atoms with van der Waals surface area (Å²) in [6, 6.07) is 35.8. The average Bonchev–Trinajstić information content (AvgIpc) is 3.51. The van der Waals surface area contributed by atoms with Crippen LogP contribution in [0.25, 0.3) is 0 Å². The zero-order valence-electron chi connectivity index (χ0n) is 16.6. The van der Waals surface area contributed by atoms with Crippen LogP contribution in [0.4, 0.5) is 0 Å². The predicted molar refractivity (Wildman–Crippen MR) is 121 cm³/mol. The number of nitrogens with zero attached hydrogens (tertiary/aromatic N) is 1. The maximum absolute atomic E-state index is 5.20. The van der Waals surface area contributed by atoms with Crippen molar-refractivity contribution in [1.82, 2.24) is 15.0 Å². The van der Waals surface area contributed by atoms with Gasteiger partial charge < -0.3 is 9.97 Å². The van der Waals surface area contributed by atoms with E-state index in [9.17, 15) is 0 Å². The van der Waals surface area contributed by atoms with Crippen LogP contribution in [0.2, 0.25) is 0 Å². The molecule has 2 N–H and O–H groups in total. The molecule has 0 aliphatic rings. The van der Waals surface area contributed by atoms with Gasteiger partial charge in [0, 0.05) is 23.8 Å². The van der Waals surface area contributed by atoms with E-state index in [1.807, 2.05) is 24.5 Å². The number of hydrogen-bond donors (Lipinski definition) is 2. The fraction of sp³-hybridized carbons (Fsp3) is 0.0741. The van der Waals surface area contributed by atoms with E-state index in [2.05, 4.69) is 101 Å². The van der Waals surface area contributed by atoms with E-state index in [0.717, 1.165) is 22.8 Å². The number of nitrogens with one attached hydrogen (secondary N) is 2. The molecule has 2 unspecified atom stereocenters. The van der Waals surface area contributed by atoms with E-state index in [0.29, 0.717) is 0 Å². The fourth-order valence-corrected chi connectivity index (χ4v) is 4.15. The summed E-state index contributed by atoms with van der Waals surface area (Å²) in [7, 11) is 0. The molecule has 146 valence electrons. The second-order valence-corrected chi connectivity index (χ2v) is 7.43. The third-order valence-electron chi connectivity index (χ3n) is 5.52. The Morgan fingerprint density at radius 2 is 0.933 bits per heavy atom. The van der Waals surface area contributed by atoms with Crippen LogP contribution < -0.4 is 0 Å². The molecule has 30 heavy (non-hydrogen) atoms. The van der Waals surface area contributed by atoms with Crippen molar-refractivity contribution in [1.29, 1.82) is 0 Å². The summed E-state index contributed by atoms with van der Waals surface area (Å²) in [6.45, 7) is 0. The quantitative estimate of drug-likeness (QED) is 0.362. The molecule has 0 spiro atoms. The topological polar surface area (TPSA) is 44.5 Å². The standard InChI is InChI=1S/C27H23N3/c1-3-10-20(11-4-1)26(22-16-8-18-28-22)24-14-7-15-25(30-24)27(23-17-9-19-29-23)21-12-5-2-6-13-21/h1-19,26-29H. The van der Waals surface area contributed by atoms with E-state index in [4.69, 9.17) is 4.98 Å². The van der Waals surface area contributed by atoms with Crippen LogP contribution >= 0.6 is 0 Å². The predicted octanol–water partition coefficient (Wildman–Crippen LogP) is 6.10. The summed E-state index contributed by atoms with van der Waals surface area (Å²) < 4.78 is 0. The summed E-state index contributed by atoms with van der Waals surface area (Å²) in [5.74, 6) is 0.113. The molecule has 5 rings (SSSR count). The zero-order chi connectivity index (χ0) is 20.2. The lowest BCUT2D eigenvalue weighted by atomic mass is 9.89. The fourth-order valence-electron chi connectivity index (χ4n) is 4.15. The normalized spacial score (nSPS) is 13.1. The largest absolute Gasteiger partial charge is 0.364 e. The van der Waals surface area contributed by atoms with Crippen LogP contribution in [-0.2, 0) is 0 Å². The molecule has 5 aromatic rings. The Kier molecular flexibility index (Phi) is 5.01. The van der Waals surface area contributed by atoms with Gasteiger partial charge in [0.25, 0.3) is 0 Å². The van der Waals surface area contributed by atoms with Gasteiger partial charge >= 0.3 is 0 Å². The van der Waals surface area contributed by atoms with Gasteiger partial charge in [-0.05, 0) is 47.5 Å². The Morgan fingerprint density at radius 3 is 1.33 bits per heavy atom. The number of hydrogen-bond acceptors (Lipinski definition) is 1. The van der Waals surface area contributed by atoms with Gasteiger partial charge in [0.15, 0.2) is 0 Å². The van der Waals surface area contributed by atoms with Crippen molar-refractivity contribution >= 4 is 0 Å². The van der Waals surface area contributed by atoms with Crippen LogP contribution in [0.15, 0.2) is 116 Å². The maximum Gasteiger partial charge on any atom is 0.0663 e. The summed E-state index contributed by atoms with van der Waals surface area (Å²) >= 11 is 0. The monoisotopic (exact) mass is 389 g/mol. The van der Waals surface area contributed by atoms with Crippen molar-refractivity contribution in [3.05, 3.63) is 149 Å². The van der Waals surface area contributed by atoms with Crippen molar-refractivity contribution in [3.63, 3.8) is 0 Å². The first-order valence-electron chi connectivity index (χ1n) is 10.2. The molecular weight excluding hydrogens is 366 g/mol. The number of benzene rings is 2. The van der Waals surface area contributed by atoms with Crippen LogP contribution in [0, 0.1) is 0 Å². The highest BCUT2D eigenvalue weighted by molar-refractivity contribution is 5.41. The summed E-state index contributed by atoms with van der Waals surface area (Å²) in [4.78, 5) is 12.0. The molecule has 3 nitrogen and oxygen atoms in total. The smallest absolute Gasteiger partial charge is 0.0663 e. The second kappa shape index (κ2) is 8.26. The van der Waals surface area contributed by atoms with Gasteiger partial charge in [-0.25, -0.2) is 0 Å². The first-order chi connectivity index (χ1) is 14.9. The molecule has 0 amide bonds. The Bertz CT molecular complexity index is 1080. The van der Waals surface area contributed by atoms with Crippen molar-refractivity contribution in [3.8, 4) is 0 Å². The lowest BCUT2D eigenvalue weighted by molar-refractivity contribution is 0.827. The highest BCUT2D eigenvalue weighted by Gasteiger charge is 2.23. The van der Waals surface area contributed by atoms with Gasteiger partial charge in [0.1, 0.15) is 0 Å². The van der Waals surface area contributed by atoms with Crippen LogP contribution in [-0.4, -0.2) is 15.0 Å². The average molecular weight is 390 g/mol. The molecule has 0 saturated heterocycles. The minimum Gasteiger partial charge on any atom is -0.364 e. The van der Waals surface area contributed by atoms with Crippen molar-refractivity contribution in [2.24, 2.45) is 0 Å². The Hall–Kier alpha value is -3.85. The van der Waals surface area contributed by atoms with Gasteiger partial charge in [-0.2, -0.15) is 0 Å². The minimum atomic E-state index is 0.0567. The van der Waals surface area contributed by atoms with Gasteiger partial charge in [-0.15, -0.1) is 0 Å². The molecule has 0 bridgehead atoms. The first-order valence-corrected chi connectivity index (χ1v) is 10.2. The van der Waals surface area contributed by atoms with E-state index in [-0.39, 0.29) is 11.8 Å². The molecule has 0 aliphatic heterocycles. The molecule has 0 radical (unpaired) electrons. The third-order valence-corrected chi connectivity index (χ3v) is 5.52. The number of H-pyrrole nitrogens is 2. The maximum atomic E-state index is 5.20. The molecule has 2 aromatic carbocycles. The zero-order valence-corrected chi connectivity index (χ0v) is 16.6. The SMILES string of the molecule is c1ccc(C(c2cccc(C(c3ccccc3)c3ccc[nH]3)n2)c2ccc[nH]2)cc1. The molecule has 0 fully saturated rings. The molecular formula is C27H23N3. The van der Waals surface area contributed by atoms with Gasteiger partial charge in [0.2, 0.25) is 0 Å². The number of aromatic nitrogens is 3. The number of rotatable bonds is 6. The van der Waals surface area contributed by atoms with E-state index in [1.165, 1.54) is 11.1 Å². The first kappa shape index (κ1) is 18.2. The second-order valence-electron chi connectivity index (χ2n) is 7.43. The highest BCUT2D eigenvalue weighted by Crippen LogP contribution is 2.33. The lowest BCUT2D eigenvalue weighted by Crippen LogP contribution is -2.11. The van der Waals surface area contributed by atoms with Crippen molar-refractivity contribution < 1.29 is 0 Å². The third kappa shape index (κ3) is 3.58. The van der Waals surface area contributed by atoms with Crippen molar-refractivity contribution in [2.75, 3.05) is 0 Å². The van der Waals surface area contributed by atoms with Crippen LogP contribution in [0.3, 0.4) is 0 Å². The lowest BCUT2D eigenvalue weighted by Gasteiger charge is -2.20. The number of pyridine rings is 1. The van der Waals surface area contributed by atoms with Crippen LogP contribution in [0.5, 0.6) is 0 Å². The van der Waals surface area contributed by atoms with E-state index >= 15 is 0 Å². The molecule has 0 aliphatic carbocycles. The molecule has 3 heterocycles. The van der Waals surface area contributed by atoms with Crippen LogP contribution in [0.1, 0.15) is 45.7 Å². The molecule has 3 heteroatoms. The molecule has 2 atom stereocenters. The summed E-state index contributed by atoms with van der Waals surface area (Å²) in [5, 5.41) is 0. The summed E-state index contributed by atoms with van der Waals surface area (Å²) in [6.07, 6.45) is 3.95. The van der Waals surface area contributed by atoms with Gasteiger partial charge in [-0.3, -0.25) is 4.98 Å². The van der Waals surface area contributed by atoms with E-state index < -0.39 is 0 Å².